The maximum Gasteiger partial charge on any atom is 0.277 e. The number of hydrogen-bond donors (Lipinski definition) is 0. The fraction of sp³-hybridized carbons (Fsp3) is 0. The van der Waals surface area contributed by atoms with Crippen molar-refractivity contribution < 1.29 is 8.42 Å². The van der Waals surface area contributed by atoms with E-state index in [2.05, 4.69) is 9.38 Å². The van der Waals surface area contributed by atoms with Gasteiger partial charge < -0.3 is 0 Å². The molecule has 0 radical (unpaired) electrons. The molecule has 0 aliphatic carbocycles. The van der Waals surface area contributed by atoms with Crippen molar-refractivity contribution in [1.29, 1.82) is 0 Å². The van der Waals surface area contributed by atoms with Gasteiger partial charge in [0.05, 0.1) is 15.6 Å². The van der Waals surface area contributed by atoms with Crippen molar-refractivity contribution in [2.75, 3.05) is 0 Å². The van der Waals surface area contributed by atoms with Gasteiger partial charge in [0.2, 0.25) is 0 Å². The number of aromatic nitrogens is 1. The number of thiazole rings is 1. The first kappa shape index (κ1) is 12.2. The summed E-state index contributed by atoms with van der Waals surface area (Å²) in [7, 11) is -3.44. The van der Waals surface area contributed by atoms with Crippen molar-refractivity contribution in [1.82, 2.24) is 4.98 Å². The van der Waals surface area contributed by atoms with E-state index in [4.69, 9.17) is 0 Å². The molecule has 0 bridgehead atoms. The Morgan fingerprint density at radius 1 is 1.22 bits per heavy atom. The molecule has 0 saturated heterocycles. The smallest absolute Gasteiger partial charge is 0.229 e. The molecule has 1 aromatic heterocycles. The molecule has 0 spiro atoms. The van der Waals surface area contributed by atoms with E-state index in [1.54, 1.807) is 0 Å². The van der Waals surface area contributed by atoms with Gasteiger partial charge in [-0.2, -0.15) is 8.42 Å². The van der Waals surface area contributed by atoms with E-state index in [1.165, 1.54) is 40.3 Å². The maximum atomic E-state index is 11.3. The van der Waals surface area contributed by atoms with Gasteiger partial charge in [0.25, 0.3) is 10.0 Å². The summed E-state index contributed by atoms with van der Waals surface area (Å²) in [5.74, 6) is 0. The van der Waals surface area contributed by atoms with Gasteiger partial charge in [-0.1, -0.05) is 23.9 Å². The van der Waals surface area contributed by atoms with Crippen LogP contribution in [-0.2, 0) is 10.0 Å². The molecule has 1 aliphatic heterocycles. The standard InChI is InChI=1S/C10H6N2O2S4/c13-18(14)6-5-15-10(12-18)17-9-11-7-3-1-2-4-8(7)16-9/h1-6H. The lowest BCUT2D eigenvalue weighted by Gasteiger charge is -2.03. The first-order valence-electron chi connectivity index (χ1n) is 4.84. The molecule has 1 aliphatic rings. The second kappa shape index (κ2) is 4.69. The SMILES string of the molecule is O=S1(=O)C=CSC(Sc2nc3ccccc3s2)=N1. The molecule has 0 unspecified atom stereocenters. The lowest BCUT2D eigenvalue weighted by Crippen LogP contribution is -1.98. The van der Waals surface area contributed by atoms with E-state index in [0.29, 0.717) is 4.38 Å². The summed E-state index contributed by atoms with van der Waals surface area (Å²) < 4.78 is 28.7. The average Bonchev–Trinajstić information content (AvgIpc) is 2.69. The minimum absolute atomic E-state index is 0.483. The summed E-state index contributed by atoms with van der Waals surface area (Å²) in [6, 6.07) is 7.80. The first-order valence-corrected chi connectivity index (χ1v) is 8.86. The molecule has 92 valence electrons. The van der Waals surface area contributed by atoms with Gasteiger partial charge >= 0.3 is 0 Å². The Morgan fingerprint density at radius 3 is 2.83 bits per heavy atom. The van der Waals surface area contributed by atoms with E-state index in [0.717, 1.165) is 20.0 Å². The van der Waals surface area contributed by atoms with Gasteiger partial charge in [-0.15, -0.1) is 15.7 Å². The Hall–Kier alpha value is -0.830. The fourth-order valence-electron chi connectivity index (χ4n) is 1.32. The minimum atomic E-state index is -3.44. The molecular formula is C10H6N2O2S4. The van der Waals surface area contributed by atoms with Crippen LogP contribution in [0.4, 0.5) is 0 Å². The summed E-state index contributed by atoms with van der Waals surface area (Å²) in [4.78, 5) is 4.42. The zero-order valence-corrected chi connectivity index (χ0v) is 12.1. The highest BCUT2D eigenvalue weighted by atomic mass is 32.2. The number of fused-ring (bicyclic) bond motifs is 1. The molecule has 18 heavy (non-hydrogen) atoms. The highest BCUT2D eigenvalue weighted by Crippen LogP contribution is 2.35. The molecule has 0 fully saturated rings. The molecule has 3 rings (SSSR count). The van der Waals surface area contributed by atoms with Crippen LogP contribution in [-0.4, -0.2) is 17.8 Å². The highest BCUT2D eigenvalue weighted by Gasteiger charge is 2.15. The Bertz CT molecular complexity index is 728. The third-order valence-electron chi connectivity index (χ3n) is 2.05. The Kier molecular flexibility index (Phi) is 3.18. The molecule has 0 saturated carbocycles. The number of benzene rings is 1. The zero-order valence-electron chi connectivity index (χ0n) is 8.81. The quantitative estimate of drug-likeness (QED) is 0.808. The van der Waals surface area contributed by atoms with Crippen LogP contribution in [0.1, 0.15) is 0 Å². The van der Waals surface area contributed by atoms with Crippen LogP contribution < -0.4 is 0 Å². The fourth-order valence-corrected chi connectivity index (χ4v) is 5.85. The van der Waals surface area contributed by atoms with Gasteiger partial charge in [0.15, 0.2) is 8.72 Å². The molecule has 8 heteroatoms. The minimum Gasteiger partial charge on any atom is -0.229 e. The van der Waals surface area contributed by atoms with Gasteiger partial charge in [0.1, 0.15) is 0 Å². The van der Waals surface area contributed by atoms with Crippen molar-refractivity contribution in [3.8, 4) is 0 Å². The lowest BCUT2D eigenvalue weighted by molar-refractivity contribution is 0.606. The van der Waals surface area contributed by atoms with E-state index in [9.17, 15) is 8.42 Å². The molecule has 4 nitrogen and oxygen atoms in total. The van der Waals surface area contributed by atoms with Crippen LogP contribution in [0.2, 0.25) is 0 Å². The van der Waals surface area contributed by atoms with Gasteiger partial charge in [-0.25, -0.2) is 4.98 Å². The summed E-state index contributed by atoms with van der Waals surface area (Å²) in [6.45, 7) is 0. The highest BCUT2D eigenvalue weighted by molar-refractivity contribution is 8.41. The normalized spacial score (nSPS) is 17.9. The molecular weight excluding hydrogens is 308 g/mol. The van der Waals surface area contributed by atoms with Gasteiger partial charge in [0, 0.05) is 0 Å². The van der Waals surface area contributed by atoms with Crippen molar-refractivity contribution in [3.63, 3.8) is 0 Å². The molecule has 2 heterocycles. The van der Waals surface area contributed by atoms with Crippen LogP contribution in [0.3, 0.4) is 0 Å². The van der Waals surface area contributed by atoms with Crippen molar-refractivity contribution in [2.45, 2.75) is 4.34 Å². The number of rotatable bonds is 1. The maximum absolute atomic E-state index is 11.3. The van der Waals surface area contributed by atoms with E-state index >= 15 is 0 Å². The lowest BCUT2D eigenvalue weighted by atomic mass is 10.3. The summed E-state index contributed by atoms with van der Waals surface area (Å²) in [5.41, 5.74) is 0.921. The predicted octanol–water partition coefficient (Wildman–Crippen LogP) is 3.29. The van der Waals surface area contributed by atoms with E-state index in [-0.39, 0.29) is 0 Å². The molecule has 0 amide bonds. The molecule has 0 atom stereocenters. The predicted molar refractivity (Wildman–Crippen MR) is 78.6 cm³/mol. The Labute approximate surface area is 116 Å². The first-order chi connectivity index (χ1) is 8.62. The monoisotopic (exact) mass is 314 g/mol. The number of para-hydroxylation sites is 1. The second-order valence-corrected chi connectivity index (χ2v) is 8.22. The number of nitrogens with zero attached hydrogens (tertiary/aromatic N) is 2. The Balaban J connectivity index is 1.91. The topological polar surface area (TPSA) is 59.4 Å². The third-order valence-corrected chi connectivity index (χ3v) is 6.33. The number of hydrogen-bond acceptors (Lipinski definition) is 6. The van der Waals surface area contributed by atoms with E-state index in [1.807, 2.05) is 24.3 Å². The van der Waals surface area contributed by atoms with E-state index < -0.39 is 10.0 Å². The number of sulfonamides is 1. The van der Waals surface area contributed by atoms with Crippen LogP contribution in [0.15, 0.2) is 43.8 Å². The van der Waals surface area contributed by atoms with Crippen LogP contribution in [0.25, 0.3) is 10.2 Å². The van der Waals surface area contributed by atoms with Gasteiger partial charge in [-0.05, 0) is 29.3 Å². The van der Waals surface area contributed by atoms with Crippen LogP contribution >= 0.6 is 34.9 Å². The molecule has 1 aromatic carbocycles. The largest absolute Gasteiger partial charge is 0.277 e. The second-order valence-electron chi connectivity index (χ2n) is 3.31. The Morgan fingerprint density at radius 2 is 2.06 bits per heavy atom. The zero-order chi connectivity index (χ0) is 12.6. The summed E-state index contributed by atoms with van der Waals surface area (Å²) >= 11 is 4.10. The van der Waals surface area contributed by atoms with Crippen LogP contribution in [0, 0.1) is 0 Å². The third kappa shape index (κ3) is 2.61. The number of thioether (sulfide) groups is 2. The molecule has 0 N–H and O–H groups in total. The summed E-state index contributed by atoms with van der Waals surface area (Å²) in [5, 5.41) is 2.62. The molecule has 2 aromatic rings. The van der Waals surface area contributed by atoms with Crippen molar-refractivity contribution in [2.24, 2.45) is 4.40 Å². The van der Waals surface area contributed by atoms with Crippen molar-refractivity contribution in [3.05, 3.63) is 35.1 Å². The van der Waals surface area contributed by atoms with Gasteiger partial charge in [-0.3, -0.25) is 0 Å². The van der Waals surface area contributed by atoms with Crippen LogP contribution in [0.5, 0.6) is 0 Å². The average molecular weight is 314 g/mol. The summed E-state index contributed by atoms with van der Waals surface area (Å²) in [6.07, 6.45) is 0. The van der Waals surface area contributed by atoms with Crippen molar-refractivity contribution >= 4 is 59.5 Å².